The molecular formula is C12H27NO2. The van der Waals surface area contributed by atoms with E-state index in [9.17, 15) is 5.11 Å². The van der Waals surface area contributed by atoms with Crippen molar-refractivity contribution in [1.82, 2.24) is 4.90 Å². The number of rotatable bonds is 6. The third-order valence-corrected chi connectivity index (χ3v) is 2.14. The molecule has 0 rings (SSSR count). The molecule has 0 aromatic carbocycles. The summed E-state index contributed by atoms with van der Waals surface area (Å²) in [5.41, 5.74) is -0.0759. The fourth-order valence-electron chi connectivity index (χ4n) is 1.37. The van der Waals surface area contributed by atoms with Crippen LogP contribution in [0.15, 0.2) is 0 Å². The largest absolute Gasteiger partial charge is 0.392 e. The van der Waals surface area contributed by atoms with Crippen molar-refractivity contribution in [2.75, 3.05) is 19.7 Å². The van der Waals surface area contributed by atoms with Gasteiger partial charge in [-0.1, -0.05) is 0 Å². The van der Waals surface area contributed by atoms with Crippen LogP contribution in [-0.4, -0.2) is 47.4 Å². The van der Waals surface area contributed by atoms with Crippen LogP contribution in [0.4, 0.5) is 0 Å². The number of aliphatic hydroxyl groups excluding tert-OH is 1. The standard InChI is InChI=1S/C12H27NO2/c1-10(2)13(9-11(3)14)7-8-15-12(4,5)6/h10-11,14H,7-9H2,1-6H3. The second-order valence-electron chi connectivity index (χ2n) is 5.40. The van der Waals surface area contributed by atoms with Crippen molar-refractivity contribution in [1.29, 1.82) is 0 Å². The monoisotopic (exact) mass is 217 g/mol. The zero-order valence-corrected chi connectivity index (χ0v) is 11.1. The van der Waals surface area contributed by atoms with E-state index in [1.54, 1.807) is 0 Å². The highest BCUT2D eigenvalue weighted by atomic mass is 16.5. The molecule has 3 nitrogen and oxygen atoms in total. The normalized spacial score (nSPS) is 15.0. The Labute approximate surface area is 94.4 Å². The van der Waals surface area contributed by atoms with Gasteiger partial charge >= 0.3 is 0 Å². The molecule has 0 saturated heterocycles. The van der Waals surface area contributed by atoms with Crippen molar-refractivity contribution >= 4 is 0 Å². The fourth-order valence-corrected chi connectivity index (χ4v) is 1.37. The molecule has 0 spiro atoms. The Bertz CT molecular complexity index is 161. The topological polar surface area (TPSA) is 32.7 Å². The highest BCUT2D eigenvalue weighted by Crippen LogP contribution is 2.07. The summed E-state index contributed by atoms with van der Waals surface area (Å²) in [7, 11) is 0. The zero-order valence-electron chi connectivity index (χ0n) is 11.1. The van der Waals surface area contributed by atoms with Crippen LogP contribution >= 0.6 is 0 Å². The molecule has 0 fully saturated rings. The molecule has 1 N–H and O–H groups in total. The van der Waals surface area contributed by atoms with Crippen molar-refractivity contribution < 1.29 is 9.84 Å². The average molecular weight is 217 g/mol. The van der Waals surface area contributed by atoms with Gasteiger partial charge in [0.15, 0.2) is 0 Å². The zero-order chi connectivity index (χ0) is 12.1. The van der Waals surface area contributed by atoms with Crippen LogP contribution in [0, 0.1) is 0 Å². The predicted octanol–water partition coefficient (Wildman–Crippen LogP) is 1.89. The van der Waals surface area contributed by atoms with Gasteiger partial charge in [0, 0.05) is 19.1 Å². The number of hydrogen-bond donors (Lipinski definition) is 1. The quantitative estimate of drug-likeness (QED) is 0.737. The summed E-state index contributed by atoms with van der Waals surface area (Å²) in [4.78, 5) is 2.23. The maximum Gasteiger partial charge on any atom is 0.0639 e. The van der Waals surface area contributed by atoms with Crippen molar-refractivity contribution in [2.45, 2.75) is 59.3 Å². The van der Waals surface area contributed by atoms with E-state index < -0.39 is 0 Å². The first-order valence-electron chi connectivity index (χ1n) is 5.78. The SMILES string of the molecule is CC(O)CN(CCOC(C)(C)C)C(C)C. The summed E-state index contributed by atoms with van der Waals surface area (Å²) < 4.78 is 5.67. The molecule has 92 valence electrons. The third kappa shape index (κ3) is 8.85. The number of ether oxygens (including phenoxy) is 1. The second-order valence-corrected chi connectivity index (χ2v) is 5.40. The summed E-state index contributed by atoms with van der Waals surface area (Å²) in [6, 6.07) is 0.447. The molecule has 0 bridgehead atoms. The molecule has 1 unspecified atom stereocenters. The van der Waals surface area contributed by atoms with Gasteiger partial charge in [0.25, 0.3) is 0 Å². The Hall–Kier alpha value is -0.120. The minimum atomic E-state index is -0.276. The van der Waals surface area contributed by atoms with Crippen LogP contribution in [0.5, 0.6) is 0 Å². The van der Waals surface area contributed by atoms with E-state index in [0.717, 1.165) is 6.54 Å². The first-order valence-corrected chi connectivity index (χ1v) is 5.78. The molecule has 3 heteroatoms. The Kier molecular flexibility index (Phi) is 6.41. The number of nitrogens with zero attached hydrogens (tertiary/aromatic N) is 1. The molecule has 0 heterocycles. The molecule has 0 saturated carbocycles. The molecule has 0 aliphatic rings. The lowest BCUT2D eigenvalue weighted by molar-refractivity contribution is -0.0205. The van der Waals surface area contributed by atoms with Crippen LogP contribution in [0.2, 0.25) is 0 Å². The Morgan fingerprint density at radius 1 is 1.20 bits per heavy atom. The molecular weight excluding hydrogens is 190 g/mol. The third-order valence-electron chi connectivity index (χ3n) is 2.14. The van der Waals surface area contributed by atoms with Gasteiger partial charge in [-0.15, -0.1) is 0 Å². The lowest BCUT2D eigenvalue weighted by atomic mass is 10.2. The Morgan fingerprint density at radius 2 is 1.73 bits per heavy atom. The molecule has 0 aromatic heterocycles. The van der Waals surface area contributed by atoms with Crippen LogP contribution in [0.1, 0.15) is 41.5 Å². The van der Waals surface area contributed by atoms with Gasteiger partial charge in [-0.05, 0) is 41.5 Å². The summed E-state index contributed by atoms with van der Waals surface area (Å²) in [6.07, 6.45) is -0.276. The number of hydrogen-bond acceptors (Lipinski definition) is 3. The van der Waals surface area contributed by atoms with E-state index in [1.165, 1.54) is 0 Å². The van der Waals surface area contributed by atoms with E-state index in [-0.39, 0.29) is 11.7 Å². The molecule has 0 radical (unpaired) electrons. The summed E-state index contributed by atoms with van der Waals surface area (Å²) in [5, 5.41) is 9.35. The smallest absolute Gasteiger partial charge is 0.0639 e. The highest BCUT2D eigenvalue weighted by Gasteiger charge is 2.14. The van der Waals surface area contributed by atoms with Gasteiger partial charge < -0.3 is 9.84 Å². The van der Waals surface area contributed by atoms with Crippen LogP contribution < -0.4 is 0 Å². The van der Waals surface area contributed by atoms with Gasteiger partial charge in [0.05, 0.1) is 18.3 Å². The van der Waals surface area contributed by atoms with E-state index >= 15 is 0 Å². The minimum absolute atomic E-state index is 0.0759. The van der Waals surface area contributed by atoms with E-state index in [1.807, 2.05) is 6.92 Å². The average Bonchev–Trinajstić information content (AvgIpc) is 1.99. The number of aliphatic hydroxyl groups is 1. The van der Waals surface area contributed by atoms with Crippen molar-refractivity contribution in [3.63, 3.8) is 0 Å². The first-order chi connectivity index (χ1) is 6.72. The second kappa shape index (κ2) is 6.46. The Balaban J connectivity index is 3.87. The maximum absolute atomic E-state index is 9.35. The van der Waals surface area contributed by atoms with Gasteiger partial charge in [-0.2, -0.15) is 0 Å². The van der Waals surface area contributed by atoms with E-state index in [0.29, 0.717) is 19.2 Å². The molecule has 0 aliphatic carbocycles. The van der Waals surface area contributed by atoms with Crippen molar-refractivity contribution in [3.05, 3.63) is 0 Å². The fraction of sp³-hybridized carbons (Fsp3) is 1.00. The molecule has 15 heavy (non-hydrogen) atoms. The van der Waals surface area contributed by atoms with E-state index in [4.69, 9.17) is 4.74 Å². The predicted molar refractivity (Wildman–Crippen MR) is 64.1 cm³/mol. The van der Waals surface area contributed by atoms with Crippen LogP contribution in [0.3, 0.4) is 0 Å². The highest BCUT2D eigenvalue weighted by molar-refractivity contribution is 4.67. The van der Waals surface area contributed by atoms with Crippen molar-refractivity contribution in [2.24, 2.45) is 0 Å². The van der Waals surface area contributed by atoms with Gasteiger partial charge in [-0.3, -0.25) is 4.90 Å². The minimum Gasteiger partial charge on any atom is -0.392 e. The van der Waals surface area contributed by atoms with Crippen LogP contribution in [0.25, 0.3) is 0 Å². The van der Waals surface area contributed by atoms with Gasteiger partial charge in [0.2, 0.25) is 0 Å². The lowest BCUT2D eigenvalue weighted by Crippen LogP contribution is -2.39. The summed E-state index contributed by atoms with van der Waals surface area (Å²) in [6.45, 7) is 14.6. The van der Waals surface area contributed by atoms with E-state index in [2.05, 4.69) is 39.5 Å². The Morgan fingerprint density at radius 3 is 2.07 bits per heavy atom. The van der Waals surface area contributed by atoms with Crippen molar-refractivity contribution in [3.8, 4) is 0 Å². The summed E-state index contributed by atoms with van der Waals surface area (Å²) in [5.74, 6) is 0. The molecule has 0 aromatic rings. The van der Waals surface area contributed by atoms with Gasteiger partial charge in [0.1, 0.15) is 0 Å². The first kappa shape index (κ1) is 14.9. The molecule has 0 amide bonds. The lowest BCUT2D eigenvalue weighted by Gasteiger charge is -2.29. The summed E-state index contributed by atoms with van der Waals surface area (Å²) >= 11 is 0. The maximum atomic E-state index is 9.35. The van der Waals surface area contributed by atoms with Gasteiger partial charge in [-0.25, -0.2) is 0 Å². The molecule has 0 aliphatic heterocycles. The van der Waals surface area contributed by atoms with Crippen LogP contribution in [-0.2, 0) is 4.74 Å². The molecule has 1 atom stereocenters.